The van der Waals surface area contributed by atoms with Crippen molar-refractivity contribution in [3.63, 3.8) is 0 Å². The summed E-state index contributed by atoms with van der Waals surface area (Å²) in [5.74, 6) is -0.438. The lowest BCUT2D eigenvalue weighted by molar-refractivity contribution is 0.00320. The summed E-state index contributed by atoms with van der Waals surface area (Å²) in [4.78, 5) is 15.4. The molecule has 1 amide bonds. The molecule has 0 aliphatic carbocycles. The topological polar surface area (TPSA) is 82.5 Å². The lowest BCUT2D eigenvalue weighted by atomic mass is 10.1. The Morgan fingerprint density at radius 3 is 2.94 bits per heavy atom. The highest BCUT2D eigenvalue weighted by molar-refractivity contribution is 6.33. The highest BCUT2D eigenvalue weighted by Crippen LogP contribution is 2.13. The van der Waals surface area contributed by atoms with Crippen LogP contribution in [-0.4, -0.2) is 39.9 Å². The zero-order valence-corrected chi connectivity index (χ0v) is 9.53. The second-order valence-corrected chi connectivity index (χ2v) is 4.10. The SMILES string of the molecule is CC(O)(CO)CNC(=O)c1cnccc1Cl. The van der Waals surface area contributed by atoms with Crippen LogP contribution in [0.3, 0.4) is 0 Å². The van der Waals surface area contributed by atoms with Crippen LogP contribution in [0.15, 0.2) is 18.5 Å². The Labute approximate surface area is 98.1 Å². The van der Waals surface area contributed by atoms with Crippen LogP contribution in [0.4, 0.5) is 0 Å². The van der Waals surface area contributed by atoms with Crippen molar-refractivity contribution in [3.05, 3.63) is 29.0 Å². The first kappa shape index (κ1) is 12.9. The summed E-state index contributed by atoms with van der Waals surface area (Å²) in [6.45, 7) is 0.916. The van der Waals surface area contributed by atoms with Crippen molar-refractivity contribution in [2.24, 2.45) is 0 Å². The molecule has 1 atom stereocenters. The summed E-state index contributed by atoms with van der Waals surface area (Å²) >= 11 is 5.79. The molecule has 0 aliphatic rings. The molecule has 1 aromatic rings. The third-order valence-electron chi connectivity index (χ3n) is 1.98. The number of nitrogens with zero attached hydrogens (tertiary/aromatic N) is 1. The molecule has 5 nitrogen and oxygen atoms in total. The molecule has 1 rings (SSSR count). The van der Waals surface area contributed by atoms with E-state index in [0.29, 0.717) is 0 Å². The van der Waals surface area contributed by atoms with Gasteiger partial charge in [-0.1, -0.05) is 11.6 Å². The number of amides is 1. The number of aliphatic hydroxyl groups excluding tert-OH is 1. The molecule has 0 radical (unpaired) electrons. The number of carbonyl (C=O) groups is 1. The molecule has 0 saturated carbocycles. The number of rotatable bonds is 4. The van der Waals surface area contributed by atoms with E-state index in [1.807, 2.05) is 0 Å². The third kappa shape index (κ3) is 3.44. The third-order valence-corrected chi connectivity index (χ3v) is 2.31. The van der Waals surface area contributed by atoms with Crippen LogP contribution < -0.4 is 5.32 Å². The normalized spacial score (nSPS) is 14.2. The zero-order valence-electron chi connectivity index (χ0n) is 8.77. The van der Waals surface area contributed by atoms with Crippen molar-refractivity contribution in [2.45, 2.75) is 12.5 Å². The average molecular weight is 245 g/mol. The predicted octanol–water partition coefficient (Wildman–Crippen LogP) is 0.208. The molecule has 0 fully saturated rings. The van der Waals surface area contributed by atoms with Gasteiger partial charge in [-0.25, -0.2) is 0 Å². The van der Waals surface area contributed by atoms with Crippen molar-refractivity contribution in [3.8, 4) is 0 Å². The Bertz CT molecular complexity index is 382. The van der Waals surface area contributed by atoms with Gasteiger partial charge < -0.3 is 15.5 Å². The summed E-state index contributed by atoms with van der Waals surface area (Å²) in [6, 6.07) is 1.50. The van der Waals surface area contributed by atoms with Crippen LogP contribution in [-0.2, 0) is 0 Å². The van der Waals surface area contributed by atoms with Gasteiger partial charge in [0.15, 0.2) is 0 Å². The van der Waals surface area contributed by atoms with E-state index >= 15 is 0 Å². The molecule has 16 heavy (non-hydrogen) atoms. The van der Waals surface area contributed by atoms with E-state index in [1.54, 1.807) is 0 Å². The summed E-state index contributed by atoms with van der Waals surface area (Å²) < 4.78 is 0. The van der Waals surface area contributed by atoms with E-state index in [0.717, 1.165) is 0 Å². The first-order valence-electron chi connectivity index (χ1n) is 4.67. The standard InChI is InChI=1S/C10H13ClN2O3/c1-10(16,6-14)5-13-9(15)7-4-12-3-2-8(7)11/h2-4,14,16H,5-6H2,1H3,(H,13,15). The summed E-state index contributed by atoms with van der Waals surface area (Å²) in [7, 11) is 0. The Hall–Kier alpha value is -1.17. The summed E-state index contributed by atoms with van der Waals surface area (Å²) in [5.41, 5.74) is -1.11. The first-order chi connectivity index (χ1) is 7.46. The van der Waals surface area contributed by atoms with Gasteiger partial charge in [0.2, 0.25) is 0 Å². The van der Waals surface area contributed by atoms with Crippen LogP contribution in [0.25, 0.3) is 0 Å². The Kier molecular flexibility index (Phi) is 4.23. The van der Waals surface area contributed by atoms with Crippen LogP contribution in [0.5, 0.6) is 0 Å². The van der Waals surface area contributed by atoms with Crippen molar-refractivity contribution in [2.75, 3.05) is 13.2 Å². The Morgan fingerprint density at radius 2 is 2.38 bits per heavy atom. The molecule has 3 N–H and O–H groups in total. The monoisotopic (exact) mass is 244 g/mol. The zero-order chi connectivity index (χ0) is 12.2. The van der Waals surface area contributed by atoms with Gasteiger partial charge >= 0.3 is 0 Å². The molecule has 88 valence electrons. The molecule has 0 bridgehead atoms. The van der Waals surface area contributed by atoms with Gasteiger partial charge in [0.05, 0.1) is 17.2 Å². The minimum atomic E-state index is -1.34. The number of aliphatic hydroxyl groups is 2. The maximum atomic E-state index is 11.6. The minimum Gasteiger partial charge on any atom is -0.393 e. The number of hydrogen-bond donors (Lipinski definition) is 3. The lowest BCUT2D eigenvalue weighted by Crippen LogP contribution is -2.43. The van der Waals surface area contributed by atoms with E-state index in [-0.39, 0.29) is 17.1 Å². The molecule has 1 heterocycles. The fraction of sp³-hybridized carbons (Fsp3) is 0.400. The van der Waals surface area contributed by atoms with Crippen LogP contribution >= 0.6 is 11.6 Å². The van der Waals surface area contributed by atoms with Crippen molar-refractivity contribution >= 4 is 17.5 Å². The molecular weight excluding hydrogens is 232 g/mol. The van der Waals surface area contributed by atoms with Gasteiger partial charge in [0.25, 0.3) is 5.91 Å². The maximum Gasteiger partial charge on any atom is 0.254 e. The average Bonchev–Trinajstić information content (AvgIpc) is 2.27. The number of halogens is 1. The number of pyridine rings is 1. The van der Waals surface area contributed by atoms with E-state index < -0.39 is 18.1 Å². The lowest BCUT2D eigenvalue weighted by Gasteiger charge is -2.20. The van der Waals surface area contributed by atoms with Crippen molar-refractivity contribution in [1.82, 2.24) is 10.3 Å². The van der Waals surface area contributed by atoms with Gasteiger partial charge in [-0.2, -0.15) is 0 Å². The second kappa shape index (κ2) is 5.25. The fourth-order valence-electron chi connectivity index (χ4n) is 0.966. The largest absolute Gasteiger partial charge is 0.393 e. The molecule has 0 aromatic carbocycles. The number of carbonyl (C=O) groups excluding carboxylic acids is 1. The van der Waals surface area contributed by atoms with Gasteiger partial charge in [-0.3, -0.25) is 9.78 Å². The summed E-state index contributed by atoms with van der Waals surface area (Å²) in [6.07, 6.45) is 2.81. The predicted molar refractivity (Wildman–Crippen MR) is 59.3 cm³/mol. The van der Waals surface area contributed by atoms with Gasteiger partial charge in [0.1, 0.15) is 5.60 Å². The fourth-order valence-corrected chi connectivity index (χ4v) is 1.16. The van der Waals surface area contributed by atoms with Crippen LogP contribution in [0.2, 0.25) is 5.02 Å². The van der Waals surface area contributed by atoms with Crippen LogP contribution in [0.1, 0.15) is 17.3 Å². The molecule has 1 aromatic heterocycles. The maximum absolute atomic E-state index is 11.6. The van der Waals surface area contributed by atoms with E-state index in [9.17, 15) is 9.90 Å². The molecule has 1 unspecified atom stereocenters. The quantitative estimate of drug-likeness (QED) is 0.707. The molecule has 6 heteroatoms. The Morgan fingerprint density at radius 1 is 1.69 bits per heavy atom. The molecular formula is C10H13ClN2O3. The smallest absolute Gasteiger partial charge is 0.254 e. The minimum absolute atomic E-state index is 0.0619. The van der Waals surface area contributed by atoms with E-state index in [1.165, 1.54) is 25.4 Å². The van der Waals surface area contributed by atoms with Gasteiger partial charge in [0, 0.05) is 18.9 Å². The number of aromatic nitrogens is 1. The number of hydrogen-bond acceptors (Lipinski definition) is 4. The van der Waals surface area contributed by atoms with Crippen LogP contribution in [0, 0.1) is 0 Å². The van der Waals surface area contributed by atoms with Crippen molar-refractivity contribution in [1.29, 1.82) is 0 Å². The summed E-state index contributed by atoms with van der Waals surface area (Å²) in [5, 5.41) is 21.0. The van der Waals surface area contributed by atoms with Gasteiger partial charge in [-0.05, 0) is 13.0 Å². The molecule has 0 aliphatic heterocycles. The van der Waals surface area contributed by atoms with E-state index in [4.69, 9.17) is 16.7 Å². The second-order valence-electron chi connectivity index (χ2n) is 3.69. The first-order valence-corrected chi connectivity index (χ1v) is 5.05. The van der Waals surface area contributed by atoms with E-state index in [2.05, 4.69) is 10.3 Å². The highest BCUT2D eigenvalue weighted by Gasteiger charge is 2.20. The Balaban J connectivity index is 2.64. The molecule has 0 saturated heterocycles. The number of nitrogens with one attached hydrogen (secondary N) is 1. The van der Waals surface area contributed by atoms with Crippen molar-refractivity contribution < 1.29 is 15.0 Å². The highest BCUT2D eigenvalue weighted by atomic mass is 35.5. The molecule has 0 spiro atoms. The van der Waals surface area contributed by atoms with Gasteiger partial charge in [-0.15, -0.1) is 0 Å².